The van der Waals surface area contributed by atoms with E-state index < -0.39 is 15.8 Å². The van der Waals surface area contributed by atoms with E-state index in [1.165, 1.54) is 52.1 Å². The zero-order chi connectivity index (χ0) is 39.7. The molecule has 1 fully saturated rings. The average Bonchev–Trinajstić information content (AvgIpc) is 3.72. The Balaban J connectivity index is 0.00000104. The van der Waals surface area contributed by atoms with Crippen molar-refractivity contribution in [2.45, 2.75) is 0 Å². The second-order valence-electron chi connectivity index (χ2n) is 10.7. The smallest absolute Gasteiger partial charge is 1.00 e. The van der Waals surface area contributed by atoms with E-state index in [0.29, 0.717) is 0 Å². The first kappa shape index (κ1) is 54.5. The molecule has 306 valence electrons. The SMILES string of the molecule is ClCCl.ClCCl.ClCCl.ClCCl.[Cl-].[Pd+2].c1ccc(P(c2ccccc2)c2ccccc2N2CCN(c3ccccc3P(c3ccccc3)c3ccccc3)[P-]2)cc1. The normalized spacial score (nSPS) is 11.2. The first-order valence-electron chi connectivity index (χ1n) is 16.8. The van der Waals surface area contributed by atoms with E-state index in [1.54, 1.807) is 0 Å². The fraction of sp³-hybridized carbons (Fsp3) is 0.143. The predicted octanol–water partition coefficient (Wildman–Crippen LogP) is 9.99. The van der Waals surface area contributed by atoms with Crippen molar-refractivity contribution >= 4 is 161 Å². The number of hydrogen-bond acceptors (Lipinski definition) is 2. The van der Waals surface area contributed by atoms with Crippen molar-refractivity contribution in [3.8, 4) is 0 Å². The Bertz CT molecular complexity index is 1660. The molecule has 6 aromatic carbocycles. The topological polar surface area (TPSA) is 6.48 Å². The molecule has 0 saturated carbocycles. The van der Waals surface area contributed by atoms with Crippen molar-refractivity contribution in [1.29, 1.82) is 0 Å². The molecule has 1 aliphatic heterocycles. The van der Waals surface area contributed by atoms with Crippen LogP contribution in [-0.2, 0) is 20.4 Å². The van der Waals surface area contributed by atoms with Crippen LogP contribution in [0.5, 0.6) is 0 Å². The number of para-hydroxylation sites is 2. The van der Waals surface area contributed by atoms with E-state index >= 15 is 0 Å². The second-order valence-corrected chi connectivity index (χ2v) is 19.5. The molecule has 0 bridgehead atoms. The van der Waals surface area contributed by atoms with Gasteiger partial charge in [0.05, 0.1) is 21.4 Å². The maximum absolute atomic E-state index is 4.76. The van der Waals surface area contributed by atoms with Gasteiger partial charge in [0.2, 0.25) is 0 Å². The summed E-state index contributed by atoms with van der Waals surface area (Å²) >= 11 is 38.1. The summed E-state index contributed by atoms with van der Waals surface area (Å²) in [5.74, 6) is 0. The van der Waals surface area contributed by atoms with Crippen LogP contribution in [0.1, 0.15) is 0 Å². The molecule has 2 nitrogen and oxygen atoms in total. The molecule has 0 unspecified atom stereocenters. The molecule has 1 aliphatic rings. The fourth-order valence-electron chi connectivity index (χ4n) is 5.65. The van der Waals surface area contributed by atoms with E-state index in [2.05, 4.69) is 179 Å². The molecule has 15 heteroatoms. The summed E-state index contributed by atoms with van der Waals surface area (Å²) in [6.07, 6.45) is 0. The third kappa shape index (κ3) is 17.8. The van der Waals surface area contributed by atoms with Crippen LogP contribution in [-0.4, -0.2) is 34.4 Å². The molecule has 7 rings (SSSR count). The van der Waals surface area contributed by atoms with Crippen molar-refractivity contribution in [1.82, 2.24) is 0 Å². The Labute approximate surface area is 403 Å². The largest absolute Gasteiger partial charge is 2.00 e. The molecule has 0 N–H and O–H groups in total. The molecule has 57 heavy (non-hydrogen) atoms. The Kier molecular flexibility index (Phi) is 31.7. The number of benzene rings is 6. The number of halogens is 9. The van der Waals surface area contributed by atoms with Gasteiger partial charge in [-0.1, -0.05) is 158 Å². The molecule has 0 aliphatic carbocycles. The van der Waals surface area contributed by atoms with Crippen LogP contribution >= 0.6 is 118 Å². The van der Waals surface area contributed by atoms with Crippen LogP contribution in [0.2, 0.25) is 0 Å². The summed E-state index contributed by atoms with van der Waals surface area (Å²) in [7, 11) is -0.185. The standard InChI is InChI=1S/C38H32N2P3.4CH2Cl2.ClH.Pd/c1-5-17-31(18-6-1)42(32-19-7-2-8-20-32)37-27-15-13-25-35(37)39-29-30-40(41-39)36-26-14-16-28-38(36)43(33-21-9-3-10-22-33)34-23-11-4-12-24-34;4*2-1-3;;/h1-28H,29-30H2;4*1H2;1H;/q-1;;;;;;+2/p-1. The number of alkyl halides is 8. The predicted molar refractivity (Wildman–Crippen MR) is 258 cm³/mol. The molecule has 0 spiro atoms. The number of rotatable bonds is 8. The van der Waals surface area contributed by atoms with Gasteiger partial charge < -0.3 is 30.6 Å². The molecular weight excluding hydrogens is 1050 g/mol. The van der Waals surface area contributed by atoms with Gasteiger partial charge in [0, 0.05) is 35.1 Å². The van der Waals surface area contributed by atoms with Crippen LogP contribution < -0.4 is 53.6 Å². The molecule has 0 amide bonds. The van der Waals surface area contributed by atoms with Crippen molar-refractivity contribution in [3.63, 3.8) is 0 Å². The van der Waals surface area contributed by atoms with E-state index in [-0.39, 0.29) is 54.2 Å². The van der Waals surface area contributed by atoms with Crippen molar-refractivity contribution < 1.29 is 32.8 Å². The van der Waals surface area contributed by atoms with Crippen LogP contribution in [0.4, 0.5) is 11.4 Å². The van der Waals surface area contributed by atoms with Crippen LogP contribution in [0.3, 0.4) is 0 Å². The Hall–Kier alpha value is -0.518. The Morgan fingerprint density at radius 3 is 0.825 bits per heavy atom. The van der Waals surface area contributed by atoms with Crippen molar-refractivity contribution in [2.75, 3.05) is 43.8 Å². The summed E-state index contributed by atoms with van der Waals surface area (Å²) in [6, 6.07) is 62.2. The Morgan fingerprint density at radius 2 is 0.579 bits per heavy atom. The van der Waals surface area contributed by atoms with Gasteiger partial charge in [0.15, 0.2) is 0 Å². The first-order valence-corrected chi connectivity index (χ1v) is 24.5. The third-order valence-electron chi connectivity index (χ3n) is 7.60. The zero-order valence-electron chi connectivity index (χ0n) is 30.4. The van der Waals surface area contributed by atoms with E-state index in [0.717, 1.165) is 13.1 Å². The van der Waals surface area contributed by atoms with E-state index in [1.807, 2.05) is 0 Å². The average molecular weight is 1090 g/mol. The van der Waals surface area contributed by atoms with Gasteiger partial charge in [-0.25, -0.2) is 0 Å². The molecule has 0 atom stereocenters. The van der Waals surface area contributed by atoms with E-state index in [4.69, 9.17) is 92.8 Å². The van der Waals surface area contributed by atoms with Crippen molar-refractivity contribution in [3.05, 3.63) is 170 Å². The van der Waals surface area contributed by atoms with E-state index in [9.17, 15) is 0 Å². The third-order valence-corrected chi connectivity index (χ3v) is 13.8. The van der Waals surface area contributed by atoms with Gasteiger partial charge in [-0.3, -0.25) is 0 Å². The first-order chi connectivity index (χ1) is 27.0. The van der Waals surface area contributed by atoms with Crippen molar-refractivity contribution in [2.24, 2.45) is 0 Å². The molecule has 0 radical (unpaired) electrons. The minimum Gasteiger partial charge on any atom is -1.00 e. The Morgan fingerprint density at radius 1 is 0.368 bits per heavy atom. The number of nitrogens with zero attached hydrogens (tertiary/aromatic N) is 2. The molecule has 1 saturated heterocycles. The molecular formula is C42H40Cl9N2P3Pd. The van der Waals surface area contributed by atoms with Crippen LogP contribution in [0.15, 0.2) is 170 Å². The van der Waals surface area contributed by atoms with Gasteiger partial charge in [-0.15, -0.1) is 92.8 Å². The van der Waals surface area contributed by atoms with Crippen LogP contribution in [0, 0.1) is 0 Å². The summed E-state index contributed by atoms with van der Waals surface area (Å²) in [5, 5.41) is 9.12. The molecule has 6 aromatic rings. The second kappa shape index (κ2) is 33.2. The summed E-state index contributed by atoms with van der Waals surface area (Å²) in [4.78, 5) is 0. The fourth-order valence-corrected chi connectivity index (χ4v) is 11.9. The minimum absolute atomic E-state index is 0. The number of anilines is 2. The van der Waals surface area contributed by atoms with Gasteiger partial charge in [0.1, 0.15) is 0 Å². The number of hydrogen-bond donors (Lipinski definition) is 0. The van der Waals surface area contributed by atoms with Gasteiger partial charge in [-0.05, 0) is 49.2 Å². The maximum atomic E-state index is 4.76. The quantitative estimate of drug-likeness (QED) is 0.0852. The molecule has 1 heterocycles. The monoisotopic (exact) mass is 1090 g/mol. The molecule has 0 aromatic heterocycles. The minimum atomic E-state index is -0.690. The maximum Gasteiger partial charge on any atom is 2.00 e. The van der Waals surface area contributed by atoms with Crippen LogP contribution in [0.25, 0.3) is 0 Å². The summed E-state index contributed by atoms with van der Waals surface area (Å²) in [5.41, 5.74) is 2.66. The zero-order valence-corrected chi connectivity index (χ0v) is 41.4. The van der Waals surface area contributed by atoms with Gasteiger partial charge >= 0.3 is 20.4 Å². The summed E-state index contributed by atoms with van der Waals surface area (Å²) < 4.78 is 5.11. The van der Waals surface area contributed by atoms with Gasteiger partial charge in [-0.2, -0.15) is 0 Å². The summed E-state index contributed by atoms with van der Waals surface area (Å²) in [6.45, 7) is 1.96. The van der Waals surface area contributed by atoms with Gasteiger partial charge in [0.25, 0.3) is 0 Å².